The fourth-order valence-corrected chi connectivity index (χ4v) is 3.06. The van der Waals surface area contributed by atoms with Gasteiger partial charge in [0.15, 0.2) is 0 Å². The minimum Gasteiger partial charge on any atom is -0.487 e. The number of hydrogen-bond donors (Lipinski definition) is 1. The molecule has 0 saturated heterocycles. The van der Waals surface area contributed by atoms with Crippen molar-refractivity contribution >= 4 is 5.91 Å². The summed E-state index contributed by atoms with van der Waals surface area (Å²) in [6, 6.07) is 9.38. The van der Waals surface area contributed by atoms with E-state index in [1.165, 1.54) is 44.2 Å². The topological polar surface area (TPSA) is 51.2 Å². The zero-order valence-electron chi connectivity index (χ0n) is 14.2. The van der Waals surface area contributed by atoms with Gasteiger partial charge >= 0.3 is 0 Å². The molecule has 132 valence electrons. The van der Waals surface area contributed by atoms with E-state index in [4.69, 9.17) is 4.74 Å². The number of hydrogen-bond acceptors (Lipinski definition) is 3. The van der Waals surface area contributed by atoms with E-state index in [0.717, 1.165) is 6.54 Å². The Morgan fingerprint density at radius 1 is 1.12 bits per heavy atom. The van der Waals surface area contributed by atoms with Gasteiger partial charge in [-0.25, -0.2) is 4.39 Å². The molecule has 1 aliphatic rings. The van der Waals surface area contributed by atoms with Gasteiger partial charge in [-0.05, 0) is 55.2 Å². The molecule has 25 heavy (non-hydrogen) atoms. The molecule has 1 saturated carbocycles. The highest BCUT2D eigenvalue weighted by Crippen LogP contribution is 2.22. The fraction of sp³-hybridized carbons (Fsp3) is 0.400. The third-order valence-electron chi connectivity index (χ3n) is 4.56. The molecule has 0 radical (unpaired) electrons. The van der Waals surface area contributed by atoms with Crippen LogP contribution in [0.2, 0.25) is 0 Å². The first kappa shape index (κ1) is 17.4. The maximum Gasteiger partial charge on any atom is 0.252 e. The van der Waals surface area contributed by atoms with Gasteiger partial charge in [-0.15, -0.1) is 0 Å². The van der Waals surface area contributed by atoms with Crippen molar-refractivity contribution in [2.24, 2.45) is 5.92 Å². The monoisotopic (exact) mass is 342 g/mol. The van der Waals surface area contributed by atoms with Crippen LogP contribution in [-0.2, 0) is 6.61 Å². The highest BCUT2D eigenvalue weighted by Gasteiger charge is 2.15. The first-order chi connectivity index (χ1) is 12.2. The van der Waals surface area contributed by atoms with Crippen molar-refractivity contribution in [3.05, 3.63) is 59.7 Å². The van der Waals surface area contributed by atoms with Gasteiger partial charge in [0.2, 0.25) is 0 Å². The Hall–Kier alpha value is -2.43. The first-order valence-corrected chi connectivity index (χ1v) is 8.82. The number of amides is 1. The molecule has 1 heterocycles. The van der Waals surface area contributed by atoms with E-state index in [0.29, 0.717) is 22.9 Å². The van der Waals surface area contributed by atoms with Gasteiger partial charge in [-0.1, -0.05) is 19.3 Å². The molecule has 1 amide bonds. The van der Waals surface area contributed by atoms with Crippen LogP contribution in [0.4, 0.5) is 4.39 Å². The third-order valence-corrected chi connectivity index (χ3v) is 4.56. The van der Waals surface area contributed by atoms with Crippen LogP contribution >= 0.6 is 0 Å². The Morgan fingerprint density at radius 2 is 1.88 bits per heavy atom. The van der Waals surface area contributed by atoms with E-state index in [9.17, 15) is 9.18 Å². The molecular formula is C20H23FN2O2. The number of nitrogens with zero attached hydrogens (tertiary/aromatic N) is 1. The average Bonchev–Trinajstić information content (AvgIpc) is 2.67. The largest absolute Gasteiger partial charge is 0.487 e. The predicted molar refractivity (Wildman–Crippen MR) is 93.9 cm³/mol. The lowest BCUT2D eigenvalue weighted by Crippen LogP contribution is -2.30. The Bertz CT molecular complexity index is 680. The number of halogens is 1. The lowest BCUT2D eigenvalue weighted by Gasteiger charge is -2.21. The van der Waals surface area contributed by atoms with Gasteiger partial charge in [0.1, 0.15) is 18.2 Å². The highest BCUT2D eigenvalue weighted by molar-refractivity contribution is 5.93. The van der Waals surface area contributed by atoms with Crippen molar-refractivity contribution in [2.45, 2.75) is 38.7 Å². The van der Waals surface area contributed by atoms with Crippen molar-refractivity contribution in [1.29, 1.82) is 0 Å². The summed E-state index contributed by atoms with van der Waals surface area (Å²) in [6.45, 7) is 1.02. The second-order valence-electron chi connectivity index (χ2n) is 6.49. The molecule has 0 bridgehead atoms. The summed E-state index contributed by atoms with van der Waals surface area (Å²) in [7, 11) is 0. The molecule has 0 spiro atoms. The second kappa shape index (κ2) is 8.60. The SMILES string of the molecule is O=C(NCC1CCCCC1)c1ccc(COc2ccc(F)cc2)nc1. The lowest BCUT2D eigenvalue weighted by atomic mass is 9.89. The van der Waals surface area contributed by atoms with Crippen LogP contribution in [0.1, 0.15) is 48.2 Å². The number of nitrogens with one attached hydrogen (secondary N) is 1. The number of carbonyl (C=O) groups is 1. The van der Waals surface area contributed by atoms with E-state index < -0.39 is 0 Å². The van der Waals surface area contributed by atoms with Crippen LogP contribution in [0.3, 0.4) is 0 Å². The van der Waals surface area contributed by atoms with Crippen LogP contribution in [0.5, 0.6) is 5.75 Å². The number of carbonyl (C=O) groups excluding carboxylic acids is 1. The van der Waals surface area contributed by atoms with E-state index in [1.807, 2.05) is 0 Å². The fourth-order valence-electron chi connectivity index (χ4n) is 3.06. The second-order valence-corrected chi connectivity index (χ2v) is 6.49. The first-order valence-electron chi connectivity index (χ1n) is 8.82. The molecule has 5 heteroatoms. The molecule has 0 atom stereocenters. The summed E-state index contributed by atoms with van der Waals surface area (Å²) in [5, 5.41) is 3.01. The van der Waals surface area contributed by atoms with E-state index in [-0.39, 0.29) is 18.3 Å². The molecule has 4 nitrogen and oxygen atoms in total. The maximum absolute atomic E-state index is 12.8. The van der Waals surface area contributed by atoms with Crippen molar-refractivity contribution in [1.82, 2.24) is 10.3 Å². The summed E-state index contributed by atoms with van der Waals surface area (Å²) >= 11 is 0. The van der Waals surface area contributed by atoms with E-state index in [2.05, 4.69) is 10.3 Å². The van der Waals surface area contributed by atoms with Gasteiger partial charge in [-0.2, -0.15) is 0 Å². The Kier molecular flexibility index (Phi) is 5.99. The van der Waals surface area contributed by atoms with Crippen molar-refractivity contribution in [2.75, 3.05) is 6.54 Å². The summed E-state index contributed by atoms with van der Waals surface area (Å²) in [5.41, 5.74) is 1.27. The van der Waals surface area contributed by atoms with Gasteiger partial charge in [0.05, 0.1) is 11.3 Å². The molecule has 1 aromatic heterocycles. The van der Waals surface area contributed by atoms with Gasteiger partial charge < -0.3 is 10.1 Å². The zero-order chi connectivity index (χ0) is 17.5. The summed E-state index contributed by atoms with van der Waals surface area (Å²) < 4.78 is 18.4. The van der Waals surface area contributed by atoms with Crippen LogP contribution in [-0.4, -0.2) is 17.4 Å². The number of rotatable bonds is 6. The normalized spacial score (nSPS) is 14.9. The third kappa shape index (κ3) is 5.28. The van der Waals surface area contributed by atoms with Gasteiger partial charge in [0, 0.05) is 12.7 Å². The molecule has 3 rings (SSSR count). The number of ether oxygens (including phenoxy) is 1. The lowest BCUT2D eigenvalue weighted by molar-refractivity contribution is 0.0943. The highest BCUT2D eigenvalue weighted by atomic mass is 19.1. The Morgan fingerprint density at radius 3 is 2.56 bits per heavy atom. The van der Waals surface area contributed by atoms with Crippen LogP contribution in [0.25, 0.3) is 0 Å². The smallest absolute Gasteiger partial charge is 0.252 e. The van der Waals surface area contributed by atoms with Gasteiger partial charge in [0.25, 0.3) is 5.91 Å². The molecule has 1 fully saturated rings. The zero-order valence-corrected chi connectivity index (χ0v) is 14.2. The van der Waals surface area contributed by atoms with Crippen LogP contribution < -0.4 is 10.1 Å². The molecule has 0 aliphatic heterocycles. The molecule has 0 unspecified atom stereocenters. The number of aromatic nitrogens is 1. The van der Waals surface area contributed by atoms with Crippen molar-refractivity contribution in [3.8, 4) is 5.75 Å². The number of benzene rings is 1. The maximum atomic E-state index is 12.8. The Labute approximate surface area is 147 Å². The molecular weight excluding hydrogens is 319 g/mol. The standard InChI is InChI=1S/C20H23FN2O2/c21-17-7-10-19(11-8-17)25-14-18-9-6-16(13-22-18)20(24)23-12-15-4-2-1-3-5-15/h6-11,13,15H,1-5,12,14H2,(H,23,24). The molecule has 1 N–H and O–H groups in total. The van der Waals surface area contributed by atoms with Gasteiger partial charge in [-0.3, -0.25) is 9.78 Å². The summed E-state index contributed by atoms with van der Waals surface area (Å²) in [6.07, 6.45) is 7.83. The predicted octanol–water partition coefficient (Wildman–Crippen LogP) is 4.11. The van der Waals surface area contributed by atoms with E-state index >= 15 is 0 Å². The van der Waals surface area contributed by atoms with E-state index in [1.54, 1.807) is 30.5 Å². The van der Waals surface area contributed by atoms with Crippen molar-refractivity contribution in [3.63, 3.8) is 0 Å². The van der Waals surface area contributed by atoms with Crippen LogP contribution in [0, 0.1) is 11.7 Å². The summed E-state index contributed by atoms with van der Waals surface area (Å²) in [5.74, 6) is 0.810. The molecule has 1 aromatic carbocycles. The van der Waals surface area contributed by atoms with Crippen molar-refractivity contribution < 1.29 is 13.9 Å². The minimum atomic E-state index is -0.297. The molecule has 1 aliphatic carbocycles. The summed E-state index contributed by atoms with van der Waals surface area (Å²) in [4.78, 5) is 16.5. The number of pyridine rings is 1. The average molecular weight is 342 g/mol. The molecule has 2 aromatic rings. The minimum absolute atomic E-state index is 0.0796. The Balaban J connectivity index is 1.47. The quantitative estimate of drug-likeness (QED) is 0.859. The van der Waals surface area contributed by atoms with Crippen LogP contribution in [0.15, 0.2) is 42.6 Å².